The monoisotopic (exact) mass is 482 g/mol. The number of fused-ring (bicyclic) bond motifs is 1. The number of nitrogens with two attached hydrogens (primary N) is 1. The number of guanidine groups is 1. The summed E-state index contributed by atoms with van der Waals surface area (Å²) in [6.07, 6.45) is -5.08. The van der Waals surface area contributed by atoms with Gasteiger partial charge < -0.3 is 20.5 Å². The highest BCUT2D eigenvalue weighted by Gasteiger charge is 2.66. The zero-order valence-corrected chi connectivity index (χ0v) is 17.8. The van der Waals surface area contributed by atoms with Crippen molar-refractivity contribution in [2.75, 3.05) is 26.1 Å². The van der Waals surface area contributed by atoms with Crippen LogP contribution in [0.5, 0.6) is 5.88 Å². The molecule has 2 amide bonds. The molecule has 3 heterocycles. The van der Waals surface area contributed by atoms with Crippen molar-refractivity contribution in [1.82, 2.24) is 14.9 Å². The average Bonchev–Trinajstić information content (AvgIpc) is 3.19. The highest BCUT2D eigenvalue weighted by Crippen LogP contribution is 2.51. The molecule has 3 N–H and O–H groups in total. The maximum absolute atomic E-state index is 15.0. The Hall–Kier alpha value is -3.81. The lowest BCUT2D eigenvalue weighted by atomic mass is 9.76. The Bertz CT molecular complexity index is 1170. The maximum Gasteiger partial charge on any atom is 0.415 e. The van der Waals surface area contributed by atoms with Crippen molar-refractivity contribution in [3.63, 3.8) is 0 Å². The molecule has 0 spiro atoms. The summed E-state index contributed by atoms with van der Waals surface area (Å²) in [5.74, 6) is -4.83. The highest BCUT2D eigenvalue weighted by atomic mass is 19.4. The molecule has 0 bridgehead atoms. The molecule has 4 rings (SSSR count). The summed E-state index contributed by atoms with van der Waals surface area (Å²) in [5.41, 5.74) is 3.22. The van der Waals surface area contributed by atoms with E-state index in [4.69, 9.17) is 15.2 Å². The fourth-order valence-corrected chi connectivity index (χ4v) is 3.95. The number of halogens is 4. The third-order valence-corrected chi connectivity index (χ3v) is 5.64. The summed E-state index contributed by atoms with van der Waals surface area (Å²) < 4.78 is 65.8. The third kappa shape index (κ3) is 3.79. The van der Waals surface area contributed by atoms with Crippen LogP contribution < -0.4 is 15.8 Å². The summed E-state index contributed by atoms with van der Waals surface area (Å²) >= 11 is 0. The Labute approximate surface area is 189 Å². The number of nitrogens with zero attached hydrogens (tertiary/aromatic N) is 4. The van der Waals surface area contributed by atoms with Gasteiger partial charge in [-0.15, -0.1) is 0 Å². The Balaban J connectivity index is 1.74. The van der Waals surface area contributed by atoms with Gasteiger partial charge in [0.25, 0.3) is 5.91 Å². The fourth-order valence-electron chi connectivity index (χ4n) is 3.95. The minimum absolute atomic E-state index is 0.0164. The van der Waals surface area contributed by atoms with Crippen LogP contribution in [0.3, 0.4) is 0 Å². The number of methoxy groups -OCH3 is 1. The molecule has 3 atom stereocenters. The van der Waals surface area contributed by atoms with Crippen LogP contribution in [0.15, 0.2) is 35.6 Å². The van der Waals surface area contributed by atoms with Gasteiger partial charge in [0.15, 0.2) is 12.1 Å². The molecule has 2 aliphatic heterocycles. The van der Waals surface area contributed by atoms with Crippen LogP contribution in [0.4, 0.5) is 23.2 Å². The summed E-state index contributed by atoms with van der Waals surface area (Å²) in [6.45, 7) is -0.750. The van der Waals surface area contributed by atoms with E-state index >= 15 is 0 Å². The van der Waals surface area contributed by atoms with Gasteiger partial charge in [0.05, 0.1) is 26.1 Å². The number of aromatic nitrogens is 2. The van der Waals surface area contributed by atoms with E-state index in [1.54, 1.807) is 0 Å². The standard InChI is InChI=1S/C20H18F4N6O4/c1-30-17(32)14-15(20(22,23)24)34-8-19(14,29-18(30)25)10-5-9(3-4-11(10)21)28-16(31)12-6-27-13(33-2)7-26-12/h3-7,14-15H,8H2,1-2H3,(H2,25,29)(H,28,31)/t14-,15-,19+/m0/s1. The number of carbonyl (C=O) groups excluding carboxylic acids is 2. The van der Waals surface area contributed by atoms with Crippen molar-refractivity contribution < 1.29 is 36.6 Å². The molecule has 0 radical (unpaired) electrons. The number of hydrogen-bond acceptors (Lipinski definition) is 8. The average molecular weight is 482 g/mol. The van der Waals surface area contributed by atoms with Gasteiger partial charge in [-0.25, -0.2) is 19.4 Å². The molecule has 2 aromatic rings. The molecule has 0 unspecified atom stereocenters. The molecule has 1 aromatic heterocycles. The third-order valence-electron chi connectivity index (χ3n) is 5.64. The van der Waals surface area contributed by atoms with Crippen molar-refractivity contribution in [1.29, 1.82) is 0 Å². The van der Waals surface area contributed by atoms with Gasteiger partial charge in [-0.05, 0) is 18.2 Å². The second kappa shape index (κ2) is 8.20. The van der Waals surface area contributed by atoms with Gasteiger partial charge in [0.2, 0.25) is 11.8 Å². The van der Waals surface area contributed by atoms with E-state index in [1.165, 1.54) is 26.4 Å². The minimum atomic E-state index is -4.92. The largest absolute Gasteiger partial charge is 0.480 e. The van der Waals surface area contributed by atoms with E-state index in [2.05, 4.69) is 20.3 Å². The first-order chi connectivity index (χ1) is 16.0. The van der Waals surface area contributed by atoms with Crippen LogP contribution in [0.2, 0.25) is 0 Å². The zero-order valence-electron chi connectivity index (χ0n) is 17.8. The zero-order chi connectivity index (χ0) is 24.8. The van der Waals surface area contributed by atoms with E-state index in [1.807, 2.05) is 0 Å². The van der Waals surface area contributed by atoms with Crippen LogP contribution in [0.25, 0.3) is 0 Å². The summed E-state index contributed by atoms with van der Waals surface area (Å²) in [7, 11) is 2.54. The summed E-state index contributed by atoms with van der Waals surface area (Å²) in [5, 5.41) is 2.46. The quantitative estimate of drug-likeness (QED) is 0.631. The number of ether oxygens (including phenoxy) is 2. The topological polar surface area (TPSA) is 132 Å². The first-order valence-electron chi connectivity index (χ1n) is 9.76. The summed E-state index contributed by atoms with van der Waals surface area (Å²) in [4.78, 5) is 37.9. The lowest BCUT2D eigenvalue weighted by molar-refractivity contribution is -0.218. The Kier molecular flexibility index (Phi) is 5.63. The van der Waals surface area contributed by atoms with Crippen molar-refractivity contribution in [2.45, 2.75) is 17.8 Å². The van der Waals surface area contributed by atoms with Crippen LogP contribution in [-0.2, 0) is 15.1 Å². The maximum atomic E-state index is 15.0. The lowest BCUT2D eigenvalue weighted by Gasteiger charge is -2.39. The Morgan fingerprint density at radius 3 is 2.68 bits per heavy atom. The number of hydrogen-bond donors (Lipinski definition) is 2. The van der Waals surface area contributed by atoms with Crippen LogP contribution in [0.1, 0.15) is 16.1 Å². The first kappa shape index (κ1) is 23.4. The van der Waals surface area contributed by atoms with Gasteiger partial charge in [-0.2, -0.15) is 13.2 Å². The number of benzene rings is 1. The molecule has 0 aliphatic carbocycles. The van der Waals surface area contributed by atoms with Crippen LogP contribution >= 0.6 is 0 Å². The highest BCUT2D eigenvalue weighted by molar-refractivity contribution is 6.03. The number of anilines is 1. The number of nitrogens with one attached hydrogen (secondary N) is 1. The molecule has 180 valence electrons. The molecule has 34 heavy (non-hydrogen) atoms. The van der Waals surface area contributed by atoms with Crippen LogP contribution in [0, 0.1) is 11.7 Å². The molecule has 10 nitrogen and oxygen atoms in total. The number of amides is 2. The molecule has 14 heteroatoms. The number of aliphatic imine (C=N–C) groups is 1. The van der Waals surface area contributed by atoms with Crippen LogP contribution in [-0.4, -0.2) is 65.7 Å². The van der Waals surface area contributed by atoms with Gasteiger partial charge >= 0.3 is 6.18 Å². The van der Waals surface area contributed by atoms with Crippen molar-refractivity contribution in [3.8, 4) is 5.88 Å². The normalized spacial score (nSPS) is 24.5. The number of alkyl halides is 3. The fraction of sp³-hybridized carbons (Fsp3) is 0.350. The Morgan fingerprint density at radius 2 is 2.06 bits per heavy atom. The predicted molar refractivity (Wildman–Crippen MR) is 108 cm³/mol. The molecular weight excluding hydrogens is 464 g/mol. The smallest absolute Gasteiger partial charge is 0.415 e. The SMILES string of the molecule is COc1cnc(C(=O)Nc2ccc(F)c([C@]34CO[C@H](C(F)(F)F)[C@H]3C(=O)N(C)C(N)=N4)c2)cn1. The van der Waals surface area contributed by atoms with E-state index in [0.29, 0.717) is 0 Å². The van der Waals surface area contributed by atoms with E-state index in [9.17, 15) is 27.2 Å². The number of carbonyl (C=O) groups is 2. The molecular formula is C20H18F4N6O4. The second-order valence-corrected chi connectivity index (χ2v) is 7.64. The Morgan fingerprint density at radius 1 is 1.32 bits per heavy atom. The molecule has 2 aliphatic rings. The van der Waals surface area contributed by atoms with E-state index < -0.39 is 53.9 Å². The van der Waals surface area contributed by atoms with E-state index in [-0.39, 0.29) is 22.8 Å². The van der Waals surface area contributed by atoms with Gasteiger partial charge in [-0.1, -0.05) is 0 Å². The molecule has 1 fully saturated rings. The lowest BCUT2D eigenvalue weighted by Crippen LogP contribution is -2.57. The minimum Gasteiger partial charge on any atom is -0.480 e. The van der Waals surface area contributed by atoms with Gasteiger partial charge in [-0.3, -0.25) is 14.5 Å². The van der Waals surface area contributed by atoms with Gasteiger partial charge in [0.1, 0.15) is 23.0 Å². The van der Waals surface area contributed by atoms with Crippen molar-refractivity contribution >= 4 is 23.5 Å². The van der Waals surface area contributed by atoms with Crippen molar-refractivity contribution in [3.05, 3.63) is 47.7 Å². The molecule has 1 saturated heterocycles. The van der Waals surface area contributed by atoms with E-state index in [0.717, 1.165) is 23.2 Å². The first-order valence-corrected chi connectivity index (χ1v) is 9.76. The second-order valence-electron chi connectivity index (χ2n) is 7.64. The molecule has 1 aromatic carbocycles. The van der Waals surface area contributed by atoms with Gasteiger partial charge in [0, 0.05) is 18.3 Å². The number of rotatable bonds is 4. The predicted octanol–water partition coefficient (Wildman–Crippen LogP) is 1.44. The molecule has 0 saturated carbocycles. The summed E-state index contributed by atoms with van der Waals surface area (Å²) in [6, 6.07) is 3.22. The van der Waals surface area contributed by atoms with Crippen molar-refractivity contribution in [2.24, 2.45) is 16.6 Å².